The van der Waals surface area contributed by atoms with Crippen LogP contribution >= 0.6 is 26.6 Å². The van der Waals surface area contributed by atoms with Crippen molar-refractivity contribution >= 4 is 41.6 Å². The van der Waals surface area contributed by atoms with Crippen LogP contribution in [0, 0.1) is 0 Å². The third kappa shape index (κ3) is 2.07. The average molecular weight is 304 g/mol. The van der Waals surface area contributed by atoms with Crippen molar-refractivity contribution in [3.8, 4) is 0 Å². The number of methoxy groups -OCH3 is 1. The number of rotatable bonds is 2. The van der Waals surface area contributed by atoms with E-state index >= 15 is 0 Å². The average Bonchev–Trinajstić information content (AvgIpc) is 2.45. The van der Waals surface area contributed by atoms with Crippen LogP contribution in [-0.4, -0.2) is 31.7 Å². The molecule has 0 amide bonds. The fourth-order valence-electron chi connectivity index (χ4n) is 0.706. The molecule has 0 atom stereocenters. The molecule has 1 aromatic rings. The molecule has 0 fully saturated rings. The van der Waals surface area contributed by atoms with E-state index in [1.807, 2.05) is 0 Å². The van der Waals surface area contributed by atoms with E-state index < -0.39 is 15.0 Å². The third-order valence-electron chi connectivity index (χ3n) is 1.30. The zero-order valence-electron chi connectivity index (χ0n) is 6.74. The molecule has 0 saturated carbocycles. The van der Waals surface area contributed by atoms with Crippen LogP contribution in [0.15, 0.2) is 9.50 Å². The van der Waals surface area contributed by atoms with Gasteiger partial charge in [-0.3, -0.25) is 5.10 Å². The van der Waals surface area contributed by atoms with Gasteiger partial charge in [-0.05, 0) is 15.9 Å². The number of halogens is 2. The second-order valence-electron chi connectivity index (χ2n) is 2.14. The Labute approximate surface area is 92.1 Å². The molecular weight excluding hydrogens is 299 g/mol. The van der Waals surface area contributed by atoms with E-state index in [0.717, 1.165) is 7.11 Å². The molecule has 0 radical (unpaired) electrons. The van der Waals surface area contributed by atoms with Crippen molar-refractivity contribution < 1.29 is 17.9 Å². The number of carbonyl (C=O) groups excluding carboxylic acids is 1. The first-order valence-corrected chi connectivity index (χ1v) is 6.25. The van der Waals surface area contributed by atoms with Gasteiger partial charge in [0.25, 0.3) is 9.05 Å². The quantitative estimate of drug-likeness (QED) is 0.647. The molecule has 0 aliphatic carbocycles. The normalized spacial score (nSPS) is 11.4. The van der Waals surface area contributed by atoms with Gasteiger partial charge in [0, 0.05) is 10.7 Å². The maximum absolute atomic E-state index is 11.0. The van der Waals surface area contributed by atoms with E-state index in [9.17, 15) is 13.2 Å². The zero-order valence-corrected chi connectivity index (χ0v) is 9.90. The minimum absolute atomic E-state index is 0.0423. The van der Waals surface area contributed by atoms with Gasteiger partial charge in [0.05, 0.1) is 11.6 Å². The molecule has 78 valence electrons. The van der Waals surface area contributed by atoms with Gasteiger partial charge < -0.3 is 4.74 Å². The van der Waals surface area contributed by atoms with Crippen LogP contribution in [0.3, 0.4) is 0 Å². The van der Waals surface area contributed by atoms with E-state index in [-0.39, 0.29) is 15.2 Å². The number of aromatic nitrogens is 2. The van der Waals surface area contributed by atoms with Crippen LogP contribution in [0.2, 0.25) is 0 Å². The maximum atomic E-state index is 11.0. The lowest BCUT2D eigenvalue weighted by Crippen LogP contribution is -2.02. The second kappa shape index (κ2) is 3.87. The number of nitrogens with zero attached hydrogens (tertiary/aromatic N) is 1. The van der Waals surface area contributed by atoms with E-state index in [1.165, 1.54) is 0 Å². The van der Waals surface area contributed by atoms with Crippen molar-refractivity contribution in [2.24, 2.45) is 0 Å². The number of hydrogen-bond donors (Lipinski definition) is 1. The van der Waals surface area contributed by atoms with E-state index in [2.05, 4.69) is 30.9 Å². The van der Waals surface area contributed by atoms with Gasteiger partial charge in [0.2, 0.25) is 0 Å². The summed E-state index contributed by atoms with van der Waals surface area (Å²) < 4.78 is 26.1. The van der Waals surface area contributed by atoms with Gasteiger partial charge >= 0.3 is 5.97 Å². The monoisotopic (exact) mass is 302 g/mol. The molecule has 0 saturated heterocycles. The van der Waals surface area contributed by atoms with E-state index in [0.29, 0.717) is 0 Å². The van der Waals surface area contributed by atoms with Crippen molar-refractivity contribution in [3.63, 3.8) is 0 Å². The number of carbonyl (C=O) groups is 1. The lowest BCUT2D eigenvalue weighted by Gasteiger charge is -1.93. The Morgan fingerprint density at radius 3 is 2.57 bits per heavy atom. The van der Waals surface area contributed by atoms with Crippen LogP contribution in [0.4, 0.5) is 0 Å². The van der Waals surface area contributed by atoms with Crippen LogP contribution in [-0.2, 0) is 13.8 Å². The fraction of sp³-hybridized carbons (Fsp3) is 0.200. The highest BCUT2D eigenvalue weighted by Crippen LogP contribution is 2.26. The highest BCUT2D eigenvalue weighted by atomic mass is 79.9. The Hall–Kier alpha value is -0.600. The first-order valence-electron chi connectivity index (χ1n) is 3.14. The van der Waals surface area contributed by atoms with Gasteiger partial charge in [-0.15, -0.1) is 0 Å². The Morgan fingerprint density at radius 2 is 2.21 bits per heavy atom. The van der Waals surface area contributed by atoms with Crippen LogP contribution < -0.4 is 0 Å². The molecule has 6 nitrogen and oxygen atoms in total. The first kappa shape index (κ1) is 11.5. The SMILES string of the molecule is COC(=O)c1n[nH]c(S(=O)(=O)Cl)c1Br. The molecule has 1 aromatic heterocycles. The van der Waals surface area contributed by atoms with Crippen molar-refractivity contribution in [2.45, 2.75) is 5.03 Å². The Kier molecular flexibility index (Phi) is 3.17. The van der Waals surface area contributed by atoms with Crippen molar-refractivity contribution in [3.05, 3.63) is 10.2 Å². The predicted octanol–water partition coefficient (Wildman–Crippen LogP) is 0.886. The number of aromatic amines is 1. The predicted molar refractivity (Wildman–Crippen MR) is 50.7 cm³/mol. The number of ether oxygens (including phenoxy) is 1. The van der Waals surface area contributed by atoms with Crippen LogP contribution in [0.25, 0.3) is 0 Å². The molecule has 0 unspecified atom stereocenters. The molecule has 0 aromatic carbocycles. The Morgan fingerprint density at radius 1 is 1.64 bits per heavy atom. The number of hydrogen-bond acceptors (Lipinski definition) is 5. The van der Waals surface area contributed by atoms with E-state index in [1.54, 1.807) is 0 Å². The summed E-state index contributed by atoms with van der Waals surface area (Å²) in [6.45, 7) is 0. The molecular formula is C5H4BrClN2O4S. The fourth-order valence-corrected chi connectivity index (χ4v) is 2.76. The molecule has 1 heterocycles. The first-order chi connectivity index (χ1) is 6.38. The molecule has 14 heavy (non-hydrogen) atoms. The molecule has 0 aliphatic heterocycles. The highest BCUT2D eigenvalue weighted by molar-refractivity contribution is 9.10. The Balaban J connectivity index is 3.29. The van der Waals surface area contributed by atoms with Gasteiger partial charge in [0.15, 0.2) is 10.7 Å². The topological polar surface area (TPSA) is 89.1 Å². The maximum Gasteiger partial charge on any atom is 0.359 e. The summed E-state index contributed by atoms with van der Waals surface area (Å²) >= 11 is 2.87. The number of esters is 1. The van der Waals surface area contributed by atoms with Crippen LogP contribution in [0.5, 0.6) is 0 Å². The molecule has 1 N–H and O–H groups in total. The number of H-pyrrole nitrogens is 1. The van der Waals surface area contributed by atoms with E-state index in [4.69, 9.17) is 10.7 Å². The summed E-state index contributed by atoms with van der Waals surface area (Å²) in [4.78, 5) is 11.0. The number of nitrogens with one attached hydrogen (secondary N) is 1. The summed E-state index contributed by atoms with van der Waals surface area (Å²) in [5.41, 5.74) is -0.174. The molecule has 0 aliphatic rings. The summed E-state index contributed by atoms with van der Waals surface area (Å²) in [5.74, 6) is -0.764. The van der Waals surface area contributed by atoms with Crippen molar-refractivity contribution in [2.75, 3.05) is 7.11 Å². The Bertz CT molecular complexity index is 468. The lowest BCUT2D eigenvalue weighted by atomic mass is 10.4. The second-order valence-corrected chi connectivity index (χ2v) is 5.44. The van der Waals surface area contributed by atoms with Crippen LogP contribution in [0.1, 0.15) is 10.5 Å². The minimum Gasteiger partial charge on any atom is -0.464 e. The lowest BCUT2D eigenvalue weighted by molar-refractivity contribution is 0.0593. The summed E-state index contributed by atoms with van der Waals surface area (Å²) in [7, 11) is 2.24. The molecule has 0 bridgehead atoms. The summed E-state index contributed by atoms with van der Waals surface area (Å²) in [5, 5.41) is 5.18. The summed E-state index contributed by atoms with van der Waals surface area (Å²) in [6.07, 6.45) is 0. The standard InChI is InChI=1S/C5H4BrClN2O4S/c1-13-5(10)3-2(6)4(9-8-3)14(7,11)12/h1H3,(H,8,9). The molecule has 0 spiro atoms. The van der Waals surface area contributed by atoms with Gasteiger partial charge in [-0.25, -0.2) is 13.2 Å². The smallest absolute Gasteiger partial charge is 0.359 e. The summed E-state index contributed by atoms with van der Waals surface area (Å²) in [6, 6.07) is 0. The largest absolute Gasteiger partial charge is 0.464 e. The van der Waals surface area contributed by atoms with Gasteiger partial charge in [0.1, 0.15) is 0 Å². The zero-order chi connectivity index (χ0) is 10.9. The van der Waals surface area contributed by atoms with Crippen molar-refractivity contribution in [1.82, 2.24) is 10.2 Å². The van der Waals surface area contributed by atoms with Gasteiger partial charge in [-0.1, -0.05) is 0 Å². The highest BCUT2D eigenvalue weighted by Gasteiger charge is 2.24. The third-order valence-corrected chi connectivity index (χ3v) is 3.58. The van der Waals surface area contributed by atoms with Crippen molar-refractivity contribution in [1.29, 1.82) is 0 Å². The minimum atomic E-state index is -3.95. The molecule has 1 rings (SSSR count). The molecule has 9 heteroatoms. The van der Waals surface area contributed by atoms with Gasteiger partial charge in [-0.2, -0.15) is 5.10 Å².